The van der Waals surface area contributed by atoms with Gasteiger partial charge < -0.3 is 10.2 Å². The van der Waals surface area contributed by atoms with E-state index in [0.29, 0.717) is 29.4 Å². The number of non-ortho nitro benzene ring substituents is 1. The molecule has 9 heteroatoms. The molecule has 2 rings (SSSR count). The summed E-state index contributed by atoms with van der Waals surface area (Å²) >= 11 is 1.30. The van der Waals surface area contributed by atoms with Gasteiger partial charge in [-0.2, -0.15) is 0 Å². The maximum absolute atomic E-state index is 12.2. The van der Waals surface area contributed by atoms with Crippen LogP contribution in [0.15, 0.2) is 29.6 Å². The van der Waals surface area contributed by atoms with Crippen molar-refractivity contribution in [2.45, 2.75) is 0 Å². The van der Waals surface area contributed by atoms with Crippen molar-refractivity contribution in [3.63, 3.8) is 0 Å². The highest BCUT2D eigenvalue weighted by Crippen LogP contribution is 2.27. The Balaban J connectivity index is 0.00000264. The highest BCUT2D eigenvalue weighted by molar-refractivity contribution is 7.13. The molecule has 0 aliphatic rings. The van der Waals surface area contributed by atoms with E-state index < -0.39 is 4.92 Å². The standard InChI is InChI=1S/C14H16N4O3S.ClH/c1-15-6-7-17(2)14(19)12-9-22-13(16-12)10-4-3-5-11(8-10)18(20)21;/h3-5,8-9,15H,6-7H2,1-2H3;1H. The molecule has 0 bridgehead atoms. The van der Waals surface area contributed by atoms with Crippen LogP contribution in [0, 0.1) is 10.1 Å². The Morgan fingerprint density at radius 3 is 2.87 bits per heavy atom. The molecule has 0 aliphatic carbocycles. The van der Waals surface area contributed by atoms with E-state index in [2.05, 4.69) is 10.3 Å². The summed E-state index contributed by atoms with van der Waals surface area (Å²) in [6.07, 6.45) is 0. The van der Waals surface area contributed by atoms with Crippen LogP contribution in [0.2, 0.25) is 0 Å². The lowest BCUT2D eigenvalue weighted by molar-refractivity contribution is -0.384. The first-order valence-corrected chi connectivity index (χ1v) is 7.51. The Morgan fingerprint density at radius 2 is 2.22 bits per heavy atom. The smallest absolute Gasteiger partial charge is 0.273 e. The van der Waals surface area contributed by atoms with Crippen molar-refractivity contribution in [2.24, 2.45) is 0 Å². The number of nitrogens with one attached hydrogen (secondary N) is 1. The zero-order valence-electron chi connectivity index (χ0n) is 12.7. The third-order valence-electron chi connectivity index (χ3n) is 3.07. The van der Waals surface area contributed by atoms with Gasteiger partial charge >= 0.3 is 0 Å². The van der Waals surface area contributed by atoms with Crippen LogP contribution in [0.4, 0.5) is 5.69 Å². The molecule has 0 saturated heterocycles. The fourth-order valence-corrected chi connectivity index (χ4v) is 2.62. The van der Waals surface area contributed by atoms with Crippen molar-refractivity contribution in [2.75, 3.05) is 27.2 Å². The van der Waals surface area contributed by atoms with E-state index in [4.69, 9.17) is 0 Å². The average molecular weight is 357 g/mol. The van der Waals surface area contributed by atoms with Crippen molar-refractivity contribution in [3.8, 4) is 10.6 Å². The lowest BCUT2D eigenvalue weighted by Crippen LogP contribution is -2.32. The average Bonchev–Trinajstić information content (AvgIpc) is 3.01. The molecule has 2 aromatic rings. The summed E-state index contributed by atoms with van der Waals surface area (Å²) in [6, 6.07) is 6.23. The molecule has 1 heterocycles. The first-order chi connectivity index (χ1) is 10.5. The highest BCUT2D eigenvalue weighted by Gasteiger charge is 2.16. The third kappa shape index (κ3) is 4.72. The van der Waals surface area contributed by atoms with E-state index in [1.54, 1.807) is 29.5 Å². The number of hydrogen-bond donors (Lipinski definition) is 1. The number of aromatic nitrogens is 1. The van der Waals surface area contributed by atoms with Gasteiger partial charge in [0.05, 0.1) is 4.92 Å². The Labute approximate surface area is 143 Å². The molecule has 1 amide bonds. The monoisotopic (exact) mass is 356 g/mol. The minimum Gasteiger partial charge on any atom is -0.339 e. The predicted molar refractivity (Wildman–Crippen MR) is 92.3 cm³/mol. The van der Waals surface area contributed by atoms with E-state index in [0.717, 1.165) is 0 Å². The van der Waals surface area contributed by atoms with Crippen molar-refractivity contribution >= 4 is 35.3 Å². The molecular formula is C14H17ClN4O3S. The fraction of sp³-hybridized carbons (Fsp3) is 0.286. The zero-order chi connectivity index (χ0) is 16.1. The molecule has 0 spiro atoms. The van der Waals surface area contributed by atoms with Crippen LogP contribution >= 0.6 is 23.7 Å². The Morgan fingerprint density at radius 1 is 1.48 bits per heavy atom. The summed E-state index contributed by atoms with van der Waals surface area (Å²) in [5.74, 6) is -0.164. The number of hydrogen-bond acceptors (Lipinski definition) is 6. The van der Waals surface area contributed by atoms with Gasteiger partial charge in [-0.25, -0.2) is 4.98 Å². The minimum atomic E-state index is -0.450. The van der Waals surface area contributed by atoms with Crippen LogP contribution < -0.4 is 5.32 Å². The molecule has 0 saturated carbocycles. The van der Waals surface area contributed by atoms with Crippen molar-refractivity contribution in [1.29, 1.82) is 0 Å². The molecule has 0 unspecified atom stereocenters. The van der Waals surface area contributed by atoms with E-state index in [9.17, 15) is 14.9 Å². The van der Waals surface area contributed by atoms with Crippen LogP contribution in [0.5, 0.6) is 0 Å². The molecule has 1 aromatic heterocycles. The van der Waals surface area contributed by atoms with Gasteiger partial charge in [-0.05, 0) is 7.05 Å². The predicted octanol–water partition coefficient (Wildman–Crippen LogP) is 2.43. The Hall–Kier alpha value is -2.03. The fourth-order valence-electron chi connectivity index (χ4n) is 1.83. The zero-order valence-corrected chi connectivity index (χ0v) is 14.3. The molecule has 1 N–H and O–H groups in total. The SMILES string of the molecule is CNCCN(C)C(=O)c1csc(-c2cccc([N+](=O)[O-])c2)n1.Cl. The van der Waals surface area contributed by atoms with Crippen molar-refractivity contribution < 1.29 is 9.72 Å². The maximum atomic E-state index is 12.2. The van der Waals surface area contributed by atoms with Crippen LogP contribution in [-0.4, -0.2) is 47.9 Å². The van der Waals surface area contributed by atoms with Gasteiger partial charge in [-0.3, -0.25) is 14.9 Å². The van der Waals surface area contributed by atoms with E-state index in [-0.39, 0.29) is 24.0 Å². The summed E-state index contributed by atoms with van der Waals surface area (Å²) in [5.41, 5.74) is 0.993. The van der Waals surface area contributed by atoms with E-state index in [1.165, 1.54) is 23.5 Å². The van der Waals surface area contributed by atoms with Gasteiger partial charge in [0.2, 0.25) is 0 Å². The summed E-state index contributed by atoms with van der Waals surface area (Å²) < 4.78 is 0. The second kappa shape index (κ2) is 8.56. The topological polar surface area (TPSA) is 88.4 Å². The van der Waals surface area contributed by atoms with Gasteiger partial charge in [0.1, 0.15) is 10.7 Å². The third-order valence-corrected chi connectivity index (χ3v) is 3.96. The number of amides is 1. The molecule has 7 nitrogen and oxygen atoms in total. The lowest BCUT2D eigenvalue weighted by atomic mass is 10.2. The number of rotatable bonds is 6. The van der Waals surface area contributed by atoms with Gasteiger partial charge in [0.25, 0.3) is 11.6 Å². The largest absolute Gasteiger partial charge is 0.339 e. The molecule has 0 fully saturated rings. The first-order valence-electron chi connectivity index (χ1n) is 6.63. The number of nitro groups is 1. The second-order valence-corrected chi connectivity index (χ2v) is 5.53. The van der Waals surface area contributed by atoms with Gasteiger partial charge in [-0.15, -0.1) is 23.7 Å². The first kappa shape index (κ1) is 19.0. The summed E-state index contributed by atoms with van der Waals surface area (Å²) in [5, 5.41) is 16.1. The second-order valence-electron chi connectivity index (χ2n) is 4.68. The van der Waals surface area contributed by atoms with Gasteiger partial charge in [-0.1, -0.05) is 12.1 Å². The number of benzene rings is 1. The summed E-state index contributed by atoms with van der Waals surface area (Å²) in [7, 11) is 3.54. The number of thiazole rings is 1. The Kier molecular flexibility index (Phi) is 7.08. The lowest BCUT2D eigenvalue weighted by Gasteiger charge is -2.15. The number of nitro benzene ring substituents is 1. The highest BCUT2D eigenvalue weighted by atomic mass is 35.5. The molecule has 0 atom stereocenters. The van der Waals surface area contributed by atoms with Crippen molar-refractivity contribution in [1.82, 2.24) is 15.2 Å². The van der Waals surface area contributed by atoms with E-state index >= 15 is 0 Å². The van der Waals surface area contributed by atoms with Crippen LogP contribution in [0.25, 0.3) is 10.6 Å². The van der Waals surface area contributed by atoms with Crippen LogP contribution in [0.3, 0.4) is 0 Å². The molecular weight excluding hydrogens is 340 g/mol. The quantitative estimate of drug-likeness (QED) is 0.634. The normalized spacial score (nSPS) is 10.0. The molecule has 0 aliphatic heterocycles. The maximum Gasteiger partial charge on any atom is 0.273 e. The number of nitrogens with zero attached hydrogens (tertiary/aromatic N) is 3. The van der Waals surface area contributed by atoms with Gasteiger partial charge in [0.15, 0.2) is 0 Å². The number of halogens is 1. The van der Waals surface area contributed by atoms with Crippen LogP contribution in [-0.2, 0) is 0 Å². The van der Waals surface area contributed by atoms with Crippen molar-refractivity contribution in [3.05, 3.63) is 45.5 Å². The number of carbonyl (C=O) groups is 1. The van der Waals surface area contributed by atoms with E-state index in [1.807, 2.05) is 7.05 Å². The number of likely N-dealkylation sites (N-methyl/N-ethyl adjacent to an activating group) is 2. The summed E-state index contributed by atoms with van der Waals surface area (Å²) in [4.78, 5) is 28.4. The number of carbonyl (C=O) groups excluding carboxylic acids is 1. The molecule has 23 heavy (non-hydrogen) atoms. The minimum absolute atomic E-state index is 0. The molecule has 0 radical (unpaired) electrons. The van der Waals surface area contributed by atoms with Gasteiger partial charge in [0, 0.05) is 43.2 Å². The molecule has 124 valence electrons. The van der Waals surface area contributed by atoms with Crippen LogP contribution in [0.1, 0.15) is 10.5 Å². The Bertz CT molecular complexity index is 692. The summed E-state index contributed by atoms with van der Waals surface area (Å²) in [6.45, 7) is 1.28. The molecule has 1 aromatic carbocycles.